The maximum Gasteiger partial charge on any atom is 0.407 e. The number of nitrogens with one attached hydrogen (secondary N) is 2. The molecule has 0 aliphatic carbocycles. The first kappa shape index (κ1) is 20.9. The molecule has 0 radical (unpaired) electrons. The molecule has 8 heteroatoms. The molecule has 1 aromatic heterocycles. The predicted molar refractivity (Wildman–Crippen MR) is 115 cm³/mol. The van der Waals surface area contributed by atoms with Gasteiger partial charge in [0.05, 0.1) is 0 Å². The van der Waals surface area contributed by atoms with Gasteiger partial charge in [-0.2, -0.15) is 0 Å². The van der Waals surface area contributed by atoms with E-state index in [0.29, 0.717) is 5.69 Å². The molecule has 0 fully saturated rings. The first-order valence-electron chi connectivity index (χ1n) is 8.94. The van der Waals surface area contributed by atoms with E-state index in [2.05, 4.69) is 15.6 Å². The molecular weight excluding hydrogens is 406 g/mol. The third-order valence-corrected chi connectivity index (χ3v) is 5.93. The van der Waals surface area contributed by atoms with Gasteiger partial charge >= 0.3 is 6.09 Å². The molecule has 3 aromatic rings. The van der Waals surface area contributed by atoms with Gasteiger partial charge in [-0.1, -0.05) is 42.1 Å². The number of hydrogen-bond donors (Lipinski definition) is 2. The van der Waals surface area contributed by atoms with E-state index in [1.54, 1.807) is 23.1 Å². The van der Waals surface area contributed by atoms with E-state index in [0.717, 1.165) is 26.1 Å². The number of nitrogens with zero attached hydrogens (tertiary/aromatic N) is 1. The number of anilines is 1. The van der Waals surface area contributed by atoms with E-state index in [1.807, 2.05) is 67.8 Å². The third-order valence-electron chi connectivity index (χ3n) is 3.88. The Morgan fingerprint density at radius 1 is 1.14 bits per heavy atom. The molecule has 3 rings (SSSR count). The number of hydrogen-bond acceptors (Lipinski definition) is 6. The zero-order valence-electron chi connectivity index (χ0n) is 16.1. The Kier molecular flexibility index (Phi) is 7.26. The maximum absolute atomic E-state index is 12.1. The number of carbonyl (C=O) groups is 2. The molecule has 150 valence electrons. The summed E-state index contributed by atoms with van der Waals surface area (Å²) in [5, 5.41) is 7.27. The highest BCUT2D eigenvalue weighted by Gasteiger charge is 2.10. The smallest absolute Gasteiger partial charge is 0.407 e. The van der Waals surface area contributed by atoms with Gasteiger partial charge in [0.2, 0.25) is 5.91 Å². The van der Waals surface area contributed by atoms with Crippen molar-refractivity contribution in [3.63, 3.8) is 0 Å². The van der Waals surface area contributed by atoms with Crippen LogP contribution in [-0.4, -0.2) is 23.5 Å². The van der Waals surface area contributed by atoms with E-state index in [1.165, 1.54) is 0 Å². The van der Waals surface area contributed by atoms with E-state index in [9.17, 15) is 9.59 Å². The monoisotopic (exact) mass is 427 g/mol. The number of carbonyl (C=O) groups excluding carboxylic acids is 2. The lowest BCUT2D eigenvalue weighted by molar-refractivity contribution is -0.115. The standard InChI is InChI=1S/C21H21N3O3S2/c1-14-10-17(29-21-23-15(2)13-28-21)8-9-18(14)24-19(25)11-22-20(26)27-12-16-6-4-3-5-7-16/h3-10,13H,11-12H2,1-2H3,(H,22,26)(H,24,25). The number of aryl methyl sites for hydroxylation is 2. The molecule has 2 N–H and O–H groups in total. The summed E-state index contributed by atoms with van der Waals surface area (Å²) in [6, 6.07) is 15.1. The van der Waals surface area contributed by atoms with Gasteiger partial charge in [0.1, 0.15) is 13.2 Å². The van der Waals surface area contributed by atoms with E-state index in [-0.39, 0.29) is 19.1 Å². The number of amides is 2. The highest BCUT2D eigenvalue weighted by atomic mass is 32.2. The number of aromatic nitrogens is 1. The van der Waals surface area contributed by atoms with Crippen LogP contribution in [0.1, 0.15) is 16.8 Å². The summed E-state index contributed by atoms with van der Waals surface area (Å²) < 4.78 is 6.07. The Balaban J connectivity index is 1.45. The molecule has 0 unspecified atom stereocenters. The van der Waals surface area contributed by atoms with Crippen molar-refractivity contribution in [2.75, 3.05) is 11.9 Å². The van der Waals surface area contributed by atoms with Crippen LogP contribution in [0, 0.1) is 13.8 Å². The summed E-state index contributed by atoms with van der Waals surface area (Å²) in [4.78, 5) is 29.4. The highest BCUT2D eigenvalue weighted by molar-refractivity contribution is 8.01. The summed E-state index contributed by atoms with van der Waals surface area (Å²) in [5.41, 5.74) is 3.53. The predicted octanol–water partition coefficient (Wildman–Crippen LogP) is 4.78. The largest absolute Gasteiger partial charge is 0.445 e. The van der Waals surface area contributed by atoms with E-state index < -0.39 is 6.09 Å². The SMILES string of the molecule is Cc1csc(Sc2ccc(NC(=O)CNC(=O)OCc3ccccc3)c(C)c2)n1. The van der Waals surface area contributed by atoms with Crippen LogP contribution in [0.15, 0.2) is 63.1 Å². The lowest BCUT2D eigenvalue weighted by Gasteiger charge is -2.11. The van der Waals surface area contributed by atoms with Gasteiger partial charge in [-0.05, 0) is 43.2 Å². The quantitative estimate of drug-likeness (QED) is 0.567. The second kappa shape index (κ2) is 10.1. The van der Waals surface area contributed by atoms with Crippen molar-refractivity contribution < 1.29 is 14.3 Å². The molecule has 0 saturated carbocycles. The minimum absolute atomic E-state index is 0.158. The average molecular weight is 428 g/mol. The number of thiazole rings is 1. The van der Waals surface area contributed by atoms with E-state index >= 15 is 0 Å². The Bertz CT molecular complexity index is 990. The molecule has 0 aliphatic rings. The van der Waals surface area contributed by atoms with Crippen LogP contribution in [-0.2, 0) is 16.1 Å². The van der Waals surface area contributed by atoms with Crippen LogP contribution in [0.3, 0.4) is 0 Å². The Morgan fingerprint density at radius 3 is 2.62 bits per heavy atom. The molecule has 2 aromatic carbocycles. The maximum atomic E-state index is 12.1. The highest BCUT2D eigenvalue weighted by Crippen LogP contribution is 2.32. The van der Waals surface area contributed by atoms with Gasteiger partial charge in [0.25, 0.3) is 0 Å². The van der Waals surface area contributed by atoms with Crippen LogP contribution < -0.4 is 10.6 Å². The van der Waals surface area contributed by atoms with Crippen LogP contribution in [0.25, 0.3) is 0 Å². The Morgan fingerprint density at radius 2 is 1.93 bits per heavy atom. The third kappa shape index (κ3) is 6.62. The van der Waals surface area contributed by atoms with Crippen molar-refractivity contribution in [3.05, 3.63) is 70.7 Å². The van der Waals surface area contributed by atoms with Crippen molar-refractivity contribution in [3.8, 4) is 0 Å². The summed E-state index contributed by atoms with van der Waals surface area (Å²) in [6.45, 7) is 3.89. The molecule has 0 bridgehead atoms. The van der Waals surface area contributed by atoms with Crippen molar-refractivity contribution in [2.45, 2.75) is 29.7 Å². The zero-order chi connectivity index (χ0) is 20.6. The second-order valence-electron chi connectivity index (χ2n) is 6.30. The topological polar surface area (TPSA) is 80.3 Å². The van der Waals surface area contributed by atoms with Crippen LogP contribution in [0.2, 0.25) is 0 Å². The van der Waals surface area contributed by atoms with Gasteiger partial charge in [-0.3, -0.25) is 4.79 Å². The van der Waals surface area contributed by atoms with Crippen molar-refractivity contribution in [1.82, 2.24) is 10.3 Å². The van der Waals surface area contributed by atoms with Crippen molar-refractivity contribution in [2.24, 2.45) is 0 Å². The summed E-state index contributed by atoms with van der Waals surface area (Å²) in [5.74, 6) is -0.319. The normalized spacial score (nSPS) is 10.4. The van der Waals surface area contributed by atoms with Crippen LogP contribution in [0.4, 0.5) is 10.5 Å². The first-order chi connectivity index (χ1) is 14.0. The van der Waals surface area contributed by atoms with Gasteiger partial charge in [-0.15, -0.1) is 11.3 Å². The van der Waals surface area contributed by atoms with Crippen LogP contribution in [0.5, 0.6) is 0 Å². The summed E-state index contributed by atoms with van der Waals surface area (Å²) >= 11 is 3.20. The van der Waals surface area contributed by atoms with Gasteiger partial charge < -0.3 is 15.4 Å². The molecule has 0 aliphatic heterocycles. The van der Waals surface area contributed by atoms with E-state index in [4.69, 9.17) is 4.74 Å². The number of rotatable bonds is 7. The summed E-state index contributed by atoms with van der Waals surface area (Å²) in [6.07, 6.45) is -0.633. The van der Waals surface area contributed by atoms with Gasteiger partial charge in [0.15, 0.2) is 4.34 Å². The van der Waals surface area contributed by atoms with Gasteiger partial charge in [-0.25, -0.2) is 9.78 Å². The fraction of sp³-hybridized carbons (Fsp3) is 0.190. The first-order valence-corrected chi connectivity index (χ1v) is 10.6. The molecule has 29 heavy (non-hydrogen) atoms. The minimum atomic E-state index is -0.633. The number of alkyl carbamates (subject to hydrolysis) is 1. The lowest BCUT2D eigenvalue weighted by Crippen LogP contribution is -2.33. The van der Waals surface area contributed by atoms with Gasteiger partial charge in [0, 0.05) is 21.7 Å². The zero-order valence-corrected chi connectivity index (χ0v) is 17.7. The summed E-state index contributed by atoms with van der Waals surface area (Å²) in [7, 11) is 0. The second-order valence-corrected chi connectivity index (χ2v) is 8.48. The lowest BCUT2D eigenvalue weighted by atomic mass is 10.2. The molecule has 0 saturated heterocycles. The molecule has 0 atom stereocenters. The molecule has 2 amide bonds. The molecule has 6 nitrogen and oxygen atoms in total. The molecule has 1 heterocycles. The number of benzene rings is 2. The fourth-order valence-electron chi connectivity index (χ4n) is 2.44. The van der Waals surface area contributed by atoms with Crippen molar-refractivity contribution >= 4 is 40.8 Å². The fourth-order valence-corrected chi connectivity index (χ4v) is 4.35. The van der Waals surface area contributed by atoms with Crippen molar-refractivity contribution in [1.29, 1.82) is 0 Å². The average Bonchev–Trinajstić information content (AvgIpc) is 3.12. The Labute approximate surface area is 177 Å². The van der Waals surface area contributed by atoms with Crippen LogP contribution >= 0.6 is 23.1 Å². The number of ether oxygens (including phenoxy) is 1. The minimum Gasteiger partial charge on any atom is -0.445 e. The molecule has 0 spiro atoms. The molecular formula is C21H21N3O3S2. The Hall–Kier alpha value is -2.84.